The molecule has 0 N–H and O–H groups in total. The maximum absolute atomic E-state index is 10.6. The number of esters is 1. The molecule has 4 rings (SSSR count). The molecule has 3 fully saturated rings. The first-order chi connectivity index (χ1) is 21.2. The molecular formula is C41H74O3. The first-order valence-corrected chi connectivity index (χ1v) is 18.0. The van der Waals surface area contributed by atoms with Gasteiger partial charge in [0.25, 0.3) is 0 Å². The third-order valence-electron chi connectivity index (χ3n) is 7.26. The lowest BCUT2D eigenvalue weighted by Gasteiger charge is -2.40. The topological polar surface area (TPSA) is 43.4 Å². The second kappa shape index (κ2) is 35.1. The first-order valence-electron chi connectivity index (χ1n) is 18.0. The van der Waals surface area contributed by atoms with Gasteiger partial charge in [-0.15, -0.1) is 0 Å². The van der Waals surface area contributed by atoms with E-state index in [0.717, 1.165) is 35.3 Å². The Bertz CT molecular complexity index is 858. The highest BCUT2D eigenvalue weighted by molar-refractivity contribution is 5.91. The zero-order valence-electron chi connectivity index (χ0n) is 31.8. The molecule has 44 heavy (non-hydrogen) atoms. The number of hydrogen-bond acceptors (Lipinski definition) is 3. The van der Waals surface area contributed by atoms with E-state index in [1.54, 1.807) is 19.1 Å². The van der Waals surface area contributed by atoms with Gasteiger partial charge in [-0.3, -0.25) is 4.79 Å². The van der Waals surface area contributed by atoms with Crippen molar-refractivity contribution in [1.29, 1.82) is 0 Å². The van der Waals surface area contributed by atoms with E-state index in [4.69, 9.17) is 0 Å². The number of allylic oxidation sites excluding steroid dienone is 3. The fourth-order valence-corrected chi connectivity index (χ4v) is 4.81. The molecule has 3 nitrogen and oxygen atoms in total. The number of cyclic esters (lactones) is 1. The third kappa shape index (κ3) is 25.0. The van der Waals surface area contributed by atoms with E-state index in [1.807, 2.05) is 99.6 Å². The summed E-state index contributed by atoms with van der Waals surface area (Å²) in [6, 6.07) is 8.04. The number of rotatable bonds is 3. The van der Waals surface area contributed by atoms with Gasteiger partial charge in [0.2, 0.25) is 0 Å². The maximum atomic E-state index is 10.6. The van der Waals surface area contributed by atoms with Gasteiger partial charge in [0, 0.05) is 12.0 Å². The van der Waals surface area contributed by atoms with Gasteiger partial charge in [0.05, 0.1) is 6.61 Å². The zero-order chi connectivity index (χ0) is 34.9. The molecule has 256 valence electrons. The smallest absolute Gasteiger partial charge is 0.333 e. The molecule has 1 saturated heterocycles. The Morgan fingerprint density at radius 2 is 1.45 bits per heavy atom. The molecule has 1 aromatic rings. The fourth-order valence-electron chi connectivity index (χ4n) is 4.81. The molecule has 0 radical (unpaired) electrons. The lowest BCUT2D eigenvalue weighted by atomic mass is 9.65. The number of unbranched alkanes of at least 4 members (excludes halogenated alkanes) is 1. The Hall–Kier alpha value is -2.42. The lowest BCUT2D eigenvalue weighted by Crippen LogP contribution is -2.29. The second-order valence-electron chi connectivity index (χ2n) is 10.4. The molecule has 0 bridgehead atoms. The number of benzene rings is 1. The van der Waals surface area contributed by atoms with E-state index in [0.29, 0.717) is 6.61 Å². The number of carbonyl (C=O) groups excluding carboxylic acids is 2. The zero-order valence-corrected chi connectivity index (χ0v) is 31.8. The minimum Gasteiger partial charge on any atom is -0.462 e. The van der Waals surface area contributed by atoms with Crippen LogP contribution in [0.2, 0.25) is 0 Å². The minimum atomic E-state index is -0.146. The van der Waals surface area contributed by atoms with Crippen molar-refractivity contribution >= 4 is 17.8 Å². The van der Waals surface area contributed by atoms with E-state index in [2.05, 4.69) is 32.1 Å². The van der Waals surface area contributed by atoms with Crippen molar-refractivity contribution in [2.75, 3.05) is 6.61 Å². The number of fused-ring (bicyclic) bond motifs is 1. The van der Waals surface area contributed by atoms with Gasteiger partial charge in [-0.05, 0) is 75.8 Å². The number of carbonyl (C=O) groups is 2. The van der Waals surface area contributed by atoms with Gasteiger partial charge >= 0.3 is 5.97 Å². The van der Waals surface area contributed by atoms with Crippen LogP contribution in [0.15, 0.2) is 54.1 Å². The Kier molecular flexibility index (Phi) is 38.6. The Labute approximate surface area is 276 Å². The molecule has 1 heterocycles. The first kappa shape index (κ1) is 48.5. The van der Waals surface area contributed by atoms with E-state index in [9.17, 15) is 9.59 Å². The van der Waals surface area contributed by atoms with Crippen molar-refractivity contribution in [2.45, 2.75) is 155 Å². The van der Waals surface area contributed by atoms with Gasteiger partial charge in [-0.25, -0.2) is 4.79 Å². The van der Waals surface area contributed by atoms with Gasteiger partial charge in [0.15, 0.2) is 5.78 Å². The van der Waals surface area contributed by atoms with Crippen LogP contribution < -0.4 is 0 Å². The van der Waals surface area contributed by atoms with Crippen LogP contribution in [0, 0.1) is 24.7 Å². The minimum absolute atomic E-state index is 0.0792. The van der Waals surface area contributed by atoms with Crippen LogP contribution in [0.1, 0.15) is 159 Å². The average Bonchev–Trinajstić information content (AvgIpc) is 3.50. The van der Waals surface area contributed by atoms with Gasteiger partial charge in [-0.2, -0.15) is 0 Å². The Morgan fingerprint density at radius 1 is 0.909 bits per heavy atom. The number of aryl methyl sites for hydroxylation is 1. The highest BCUT2D eigenvalue weighted by atomic mass is 16.5. The van der Waals surface area contributed by atoms with E-state index in [1.165, 1.54) is 62.5 Å². The van der Waals surface area contributed by atoms with Crippen LogP contribution >= 0.6 is 0 Å². The van der Waals surface area contributed by atoms with Gasteiger partial charge in [0.1, 0.15) is 0 Å². The molecule has 3 unspecified atom stereocenters. The van der Waals surface area contributed by atoms with Crippen LogP contribution in [-0.4, -0.2) is 18.4 Å². The standard InChI is InChI=1S/C12H20.C11H12O.C6H8O2.C4H10.4C2H6/c1-9-6-7-12-10(2)4-3-5-11(12)8-9;1-9-3-6-11(7-4-9)8-5-10(2)12;1-2-5-3-4-8-6(5)7;1-3-4-2;4*1-2/h10-12H,1,3-8H2,2H3;3-8H,1-2H3;2H,3-4H2,1H3;3-4H2,1-2H3;4*1-2H3/b;8-5+;5-2+;;;;;. The van der Waals surface area contributed by atoms with Crippen molar-refractivity contribution in [3.05, 3.63) is 65.3 Å². The van der Waals surface area contributed by atoms with Crippen LogP contribution in [0.25, 0.3) is 6.08 Å². The highest BCUT2D eigenvalue weighted by Crippen LogP contribution is 2.44. The summed E-state index contributed by atoms with van der Waals surface area (Å²) in [5.41, 5.74) is 4.63. The summed E-state index contributed by atoms with van der Waals surface area (Å²) in [6.07, 6.45) is 17.1. The molecule has 3 aliphatic rings. The molecule has 0 spiro atoms. The summed E-state index contributed by atoms with van der Waals surface area (Å²) in [5.74, 6) is 2.99. The summed E-state index contributed by atoms with van der Waals surface area (Å²) in [6.45, 7) is 32.9. The largest absolute Gasteiger partial charge is 0.462 e. The van der Waals surface area contributed by atoms with Crippen molar-refractivity contribution in [3.8, 4) is 0 Å². The molecule has 0 amide bonds. The van der Waals surface area contributed by atoms with E-state index < -0.39 is 0 Å². The molecule has 3 atom stereocenters. The molecule has 1 aliphatic heterocycles. The number of hydrogen-bond donors (Lipinski definition) is 0. The average molecular weight is 615 g/mol. The second-order valence-corrected chi connectivity index (χ2v) is 10.4. The fraction of sp³-hybridized carbons (Fsp3) is 0.659. The molecule has 0 aromatic heterocycles. The summed E-state index contributed by atoms with van der Waals surface area (Å²) in [4.78, 5) is 21.1. The molecule has 2 aliphatic carbocycles. The number of ether oxygens (including phenoxy) is 1. The molecule has 2 saturated carbocycles. The maximum Gasteiger partial charge on any atom is 0.333 e. The van der Waals surface area contributed by atoms with Crippen molar-refractivity contribution in [1.82, 2.24) is 0 Å². The summed E-state index contributed by atoms with van der Waals surface area (Å²) in [7, 11) is 0. The summed E-state index contributed by atoms with van der Waals surface area (Å²) < 4.78 is 4.65. The van der Waals surface area contributed by atoms with Gasteiger partial charge in [-0.1, -0.05) is 156 Å². The monoisotopic (exact) mass is 615 g/mol. The van der Waals surface area contributed by atoms with Crippen LogP contribution in [-0.2, 0) is 14.3 Å². The summed E-state index contributed by atoms with van der Waals surface area (Å²) in [5, 5.41) is 0. The van der Waals surface area contributed by atoms with E-state index in [-0.39, 0.29) is 11.8 Å². The summed E-state index contributed by atoms with van der Waals surface area (Å²) >= 11 is 0. The highest BCUT2D eigenvalue weighted by Gasteiger charge is 2.33. The quantitative estimate of drug-likeness (QED) is 0.193. The molecule has 3 heteroatoms. The number of ketones is 1. The Morgan fingerprint density at radius 3 is 1.86 bits per heavy atom. The predicted octanol–water partition coefficient (Wildman–Crippen LogP) is 13.2. The van der Waals surface area contributed by atoms with Gasteiger partial charge < -0.3 is 4.74 Å². The van der Waals surface area contributed by atoms with Crippen LogP contribution in [0.5, 0.6) is 0 Å². The Balaban J connectivity index is -0.000000235. The van der Waals surface area contributed by atoms with Crippen LogP contribution in [0.3, 0.4) is 0 Å². The third-order valence-corrected chi connectivity index (χ3v) is 7.26. The van der Waals surface area contributed by atoms with Crippen molar-refractivity contribution < 1.29 is 14.3 Å². The normalized spacial score (nSPS) is 20.0. The predicted molar refractivity (Wildman–Crippen MR) is 199 cm³/mol. The molecule has 1 aromatic carbocycles. The van der Waals surface area contributed by atoms with Crippen molar-refractivity contribution in [2.24, 2.45) is 17.8 Å². The van der Waals surface area contributed by atoms with Crippen LogP contribution in [0.4, 0.5) is 0 Å². The van der Waals surface area contributed by atoms with E-state index >= 15 is 0 Å². The SMILES string of the molecule is C/C=C1\CCOC1=O.C=C1CCC2C(C)CCCC2C1.CC.CC.CC.CC.CC(=O)/C=C/c1ccc(C)cc1.CCCC. The van der Waals surface area contributed by atoms with Crippen molar-refractivity contribution in [3.63, 3.8) is 0 Å². The molecular weight excluding hydrogens is 540 g/mol. The lowest BCUT2D eigenvalue weighted by molar-refractivity contribution is -0.135.